The van der Waals surface area contributed by atoms with E-state index in [2.05, 4.69) is 26.2 Å². The topological polar surface area (TPSA) is 68.3 Å². The van der Waals surface area contributed by atoms with Crippen LogP contribution in [0.5, 0.6) is 0 Å². The zero-order valence-corrected chi connectivity index (χ0v) is 18.6. The summed E-state index contributed by atoms with van der Waals surface area (Å²) in [7, 11) is 0. The van der Waals surface area contributed by atoms with Gasteiger partial charge in [-0.15, -0.1) is 0 Å². The van der Waals surface area contributed by atoms with Gasteiger partial charge in [-0.2, -0.15) is 0 Å². The minimum absolute atomic E-state index is 0.280. The average Bonchev–Trinajstić information content (AvgIpc) is 2.79. The third-order valence-electron chi connectivity index (χ3n) is 4.87. The number of hydrogen-bond acceptors (Lipinski definition) is 4. The number of nitrogens with one attached hydrogen (secondary N) is 1. The molecule has 4 aromatic rings. The first-order valence-electron chi connectivity index (χ1n) is 9.79. The number of carbonyl (C=O) groups excluding carboxylic acids is 2. The minimum atomic E-state index is -0.644. The summed E-state index contributed by atoms with van der Waals surface area (Å²) in [6.45, 7) is 1.43. The van der Waals surface area contributed by atoms with Gasteiger partial charge in [0.15, 0.2) is 6.61 Å². The van der Waals surface area contributed by atoms with Gasteiger partial charge in [0.1, 0.15) is 5.82 Å². The molecule has 4 rings (SSSR count). The summed E-state index contributed by atoms with van der Waals surface area (Å²) in [5.41, 5.74) is 3.56. The molecule has 7 heteroatoms. The molecule has 0 spiro atoms. The number of rotatable bonds is 5. The molecular weight excluding hydrogens is 475 g/mol. The lowest BCUT2D eigenvalue weighted by molar-refractivity contribution is -0.119. The number of esters is 1. The summed E-state index contributed by atoms with van der Waals surface area (Å²) in [4.78, 5) is 29.8. The minimum Gasteiger partial charge on any atom is -0.452 e. The number of hydrogen-bond donors (Lipinski definition) is 1. The summed E-state index contributed by atoms with van der Waals surface area (Å²) < 4.78 is 19.5. The first-order chi connectivity index (χ1) is 15.4. The maximum absolute atomic E-state index is 13.3. The molecule has 0 aliphatic heterocycles. The van der Waals surface area contributed by atoms with Crippen LogP contribution >= 0.6 is 15.9 Å². The van der Waals surface area contributed by atoms with Crippen molar-refractivity contribution >= 4 is 44.4 Å². The van der Waals surface area contributed by atoms with E-state index in [4.69, 9.17) is 4.74 Å². The van der Waals surface area contributed by atoms with E-state index in [9.17, 15) is 14.0 Å². The fourth-order valence-electron chi connectivity index (χ4n) is 3.28. The molecule has 1 amide bonds. The number of amides is 1. The second-order valence-corrected chi connectivity index (χ2v) is 8.08. The number of benzene rings is 3. The Labute approximate surface area is 192 Å². The van der Waals surface area contributed by atoms with Crippen molar-refractivity contribution in [3.05, 3.63) is 94.2 Å². The van der Waals surface area contributed by atoms with Crippen LogP contribution in [0.1, 0.15) is 15.9 Å². The first-order valence-corrected chi connectivity index (χ1v) is 10.6. The zero-order valence-electron chi connectivity index (χ0n) is 17.1. The van der Waals surface area contributed by atoms with Crippen molar-refractivity contribution in [2.45, 2.75) is 6.92 Å². The highest BCUT2D eigenvalue weighted by atomic mass is 79.9. The fraction of sp³-hybridized carbons (Fsp3) is 0.0800. The quantitative estimate of drug-likeness (QED) is 0.351. The van der Waals surface area contributed by atoms with E-state index in [1.807, 2.05) is 25.1 Å². The predicted octanol–water partition coefficient (Wildman–Crippen LogP) is 5.91. The lowest BCUT2D eigenvalue weighted by atomic mass is 10.0. The molecule has 0 aliphatic rings. The Bertz CT molecular complexity index is 1320. The predicted molar refractivity (Wildman–Crippen MR) is 125 cm³/mol. The summed E-state index contributed by atoms with van der Waals surface area (Å²) in [5, 5.41) is 3.34. The standard InChI is InChI=1S/C25H18BrFN2O3/c1-15-12-17(26)8-11-21(15)29-24(30)14-32-25(31)20-13-23(16-6-9-18(27)10-7-16)28-22-5-3-2-4-19(20)22/h2-13H,14H2,1H3,(H,29,30). The van der Waals surface area contributed by atoms with Gasteiger partial charge in [-0.3, -0.25) is 4.79 Å². The monoisotopic (exact) mass is 492 g/mol. The molecule has 0 radical (unpaired) electrons. The van der Waals surface area contributed by atoms with Gasteiger partial charge in [0.2, 0.25) is 0 Å². The molecule has 0 saturated heterocycles. The SMILES string of the molecule is Cc1cc(Br)ccc1NC(=O)COC(=O)c1cc(-c2ccc(F)cc2)nc2ccccc12. The van der Waals surface area contributed by atoms with Crippen LogP contribution < -0.4 is 5.32 Å². The Balaban J connectivity index is 1.56. The molecular formula is C25H18BrFN2O3. The van der Waals surface area contributed by atoms with Crippen LogP contribution in [0.25, 0.3) is 22.2 Å². The molecule has 0 fully saturated rings. The number of aryl methyl sites for hydroxylation is 1. The van der Waals surface area contributed by atoms with Gasteiger partial charge in [-0.25, -0.2) is 14.2 Å². The van der Waals surface area contributed by atoms with Crippen molar-refractivity contribution in [3.8, 4) is 11.3 Å². The third-order valence-corrected chi connectivity index (χ3v) is 5.37. The number of anilines is 1. The Hall–Kier alpha value is -3.58. The highest BCUT2D eigenvalue weighted by Gasteiger charge is 2.17. The molecule has 3 aromatic carbocycles. The van der Waals surface area contributed by atoms with Crippen LogP contribution in [-0.2, 0) is 9.53 Å². The highest BCUT2D eigenvalue weighted by Crippen LogP contribution is 2.26. The smallest absolute Gasteiger partial charge is 0.339 e. The number of pyridine rings is 1. The summed E-state index contributed by atoms with van der Waals surface area (Å²) >= 11 is 3.38. The van der Waals surface area contributed by atoms with Crippen LogP contribution in [0.4, 0.5) is 10.1 Å². The van der Waals surface area contributed by atoms with Gasteiger partial charge in [-0.05, 0) is 67.1 Å². The van der Waals surface area contributed by atoms with Gasteiger partial charge >= 0.3 is 5.97 Å². The molecule has 0 atom stereocenters. The van der Waals surface area contributed by atoms with E-state index in [1.54, 1.807) is 42.5 Å². The summed E-state index contributed by atoms with van der Waals surface area (Å²) in [6, 6.07) is 20.0. The lowest BCUT2D eigenvalue weighted by Gasteiger charge is -2.11. The van der Waals surface area contributed by atoms with E-state index >= 15 is 0 Å². The highest BCUT2D eigenvalue weighted by molar-refractivity contribution is 9.10. The van der Waals surface area contributed by atoms with Gasteiger partial charge in [-0.1, -0.05) is 34.1 Å². The molecule has 0 saturated carbocycles. The van der Waals surface area contributed by atoms with E-state index in [1.165, 1.54) is 12.1 Å². The van der Waals surface area contributed by atoms with Gasteiger partial charge in [0.05, 0.1) is 16.8 Å². The normalized spacial score (nSPS) is 10.7. The van der Waals surface area contributed by atoms with Crippen molar-refractivity contribution in [3.63, 3.8) is 0 Å². The molecule has 160 valence electrons. The molecule has 1 heterocycles. The molecule has 32 heavy (non-hydrogen) atoms. The first kappa shape index (κ1) is 21.6. The lowest BCUT2D eigenvalue weighted by Crippen LogP contribution is -2.21. The largest absolute Gasteiger partial charge is 0.452 e. The fourth-order valence-corrected chi connectivity index (χ4v) is 3.75. The number of carbonyl (C=O) groups is 2. The van der Waals surface area contributed by atoms with Crippen molar-refractivity contribution < 1.29 is 18.7 Å². The Kier molecular flexibility index (Phi) is 6.28. The van der Waals surface area contributed by atoms with Crippen molar-refractivity contribution in [2.24, 2.45) is 0 Å². The summed E-state index contributed by atoms with van der Waals surface area (Å²) in [5.74, 6) is -1.45. The molecule has 1 aromatic heterocycles. The number of para-hydroxylation sites is 1. The molecule has 0 unspecified atom stereocenters. The maximum atomic E-state index is 13.3. The number of nitrogens with zero attached hydrogens (tertiary/aromatic N) is 1. The second kappa shape index (κ2) is 9.28. The second-order valence-electron chi connectivity index (χ2n) is 7.16. The average molecular weight is 493 g/mol. The Morgan fingerprint density at radius 2 is 1.78 bits per heavy atom. The molecule has 0 bridgehead atoms. The van der Waals surface area contributed by atoms with Crippen molar-refractivity contribution in [1.82, 2.24) is 4.98 Å². The van der Waals surface area contributed by atoms with Gasteiger partial charge in [0.25, 0.3) is 5.91 Å². The van der Waals surface area contributed by atoms with Crippen LogP contribution in [-0.4, -0.2) is 23.5 Å². The van der Waals surface area contributed by atoms with Gasteiger partial charge in [0, 0.05) is 21.1 Å². The third kappa shape index (κ3) is 4.84. The van der Waals surface area contributed by atoms with E-state index < -0.39 is 18.5 Å². The van der Waals surface area contributed by atoms with E-state index in [-0.39, 0.29) is 11.4 Å². The number of ether oxygens (including phenoxy) is 1. The summed E-state index contributed by atoms with van der Waals surface area (Å²) in [6.07, 6.45) is 0. The number of halogens is 2. The van der Waals surface area contributed by atoms with Crippen LogP contribution in [0, 0.1) is 12.7 Å². The van der Waals surface area contributed by atoms with Crippen LogP contribution in [0.2, 0.25) is 0 Å². The number of fused-ring (bicyclic) bond motifs is 1. The Morgan fingerprint density at radius 3 is 2.53 bits per heavy atom. The van der Waals surface area contributed by atoms with Gasteiger partial charge < -0.3 is 10.1 Å². The molecule has 1 N–H and O–H groups in total. The van der Waals surface area contributed by atoms with Crippen molar-refractivity contribution in [1.29, 1.82) is 0 Å². The Morgan fingerprint density at radius 1 is 1.03 bits per heavy atom. The molecule has 5 nitrogen and oxygen atoms in total. The van der Waals surface area contributed by atoms with Crippen LogP contribution in [0.3, 0.4) is 0 Å². The van der Waals surface area contributed by atoms with Crippen molar-refractivity contribution in [2.75, 3.05) is 11.9 Å². The zero-order chi connectivity index (χ0) is 22.7. The maximum Gasteiger partial charge on any atom is 0.339 e. The van der Waals surface area contributed by atoms with E-state index in [0.29, 0.717) is 27.8 Å². The number of aromatic nitrogens is 1. The van der Waals surface area contributed by atoms with Crippen LogP contribution in [0.15, 0.2) is 77.3 Å². The van der Waals surface area contributed by atoms with E-state index in [0.717, 1.165) is 10.0 Å². The molecule has 0 aliphatic carbocycles.